The molecule has 0 bridgehead atoms. The Morgan fingerprint density at radius 3 is 2.68 bits per heavy atom. The van der Waals surface area contributed by atoms with Gasteiger partial charge in [0.15, 0.2) is 0 Å². The summed E-state index contributed by atoms with van der Waals surface area (Å²) in [6.45, 7) is 4.36. The quantitative estimate of drug-likeness (QED) is 0.833. The zero-order valence-corrected chi connectivity index (χ0v) is 12.9. The van der Waals surface area contributed by atoms with Gasteiger partial charge < -0.3 is 9.64 Å². The number of aromatic nitrogens is 2. The molecule has 0 spiro atoms. The summed E-state index contributed by atoms with van der Waals surface area (Å²) >= 11 is 0. The van der Waals surface area contributed by atoms with Crippen molar-refractivity contribution in [3.8, 4) is 0 Å². The van der Waals surface area contributed by atoms with Crippen LogP contribution in [0.25, 0.3) is 0 Å². The van der Waals surface area contributed by atoms with Crippen LogP contribution in [0.5, 0.6) is 0 Å². The van der Waals surface area contributed by atoms with Gasteiger partial charge in [0.05, 0.1) is 12.1 Å². The van der Waals surface area contributed by atoms with Crippen molar-refractivity contribution < 1.29 is 9.53 Å². The molecular weight excluding hydrogens is 280 g/mol. The van der Waals surface area contributed by atoms with E-state index in [2.05, 4.69) is 10.00 Å². The number of rotatable bonds is 3. The Morgan fingerprint density at radius 2 is 1.95 bits per heavy atom. The van der Waals surface area contributed by atoms with E-state index in [4.69, 9.17) is 4.74 Å². The summed E-state index contributed by atoms with van der Waals surface area (Å²) in [5.41, 5.74) is 0. The molecule has 0 aliphatic carbocycles. The predicted octanol–water partition coefficient (Wildman–Crippen LogP) is 0.910. The summed E-state index contributed by atoms with van der Waals surface area (Å²) in [6, 6.07) is 2.93. The van der Waals surface area contributed by atoms with Gasteiger partial charge in [0.1, 0.15) is 0 Å². The second kappa shape index (κ2) is 6.01. The Labute approximate surface area is 131 Å². The molecule has 120 valence electrons. The smallest absolute Gasteiger partial charge is 0.240 e. The lowest BCUT2D eigenvalue weighted by Crippen LogP contribution is -2.57. The first-order valence-electron chi connectivity index (χ1n) is 8.44. The highest BCUT2D eigenvalue weighted by Crippen LogP contribution is 2.29. The fourth-order valence-corrected chi connectivity index (χ4v) is 4.02. The second-order valence-electron chi connectivity index (χ2n) is 6.62. The molecule has 1 unspecified atom stereocenters. The fraction of sp³-hybridized carbons (Fsp3) is 0.750. The van der Waals surface area contributed by atoms with Crippen molar-refractivity contribution in [3.63, 3.8) is 0 Å². The Hall–Kier alpha value is -1.40. The summed E-state index contributed by atoms with van der Waals surface area (Å²) in [7, 11) is 0. The highest BCUT2D eigenvalue weighted by Gasteiger charge is 2.41. The van der Waals surface area contributed by atoms with Gasteiger partial charge in [0.2, 0.25) is 5.91 Å². The van der Waals surface area contributed by atoms with Gasteiger partial charge in [0, 0.05) is 44.7 Å². The molecule has 6 heteroatoms. The number of hydrogen-bond acceptors (Lipinski definition) is 4. The standard InChI is InChI=1S/C16H24N4O2/c21-16(18-11-14(12-18)20-8-2-6-17-20)15-3-1-7-19(15)13-4-9-22-10-5-13/h2,6,8,13-15H,1,3-5,7,9-12H2. The minimum Gasteiger partial charge on any atom is -0.381 e. The minimum absolute atomic E-state index is 0.0988. The summed E-state index contributed by atoms with van der Waals surface area (Å²) in [4.78, 5) is 17.3. The van der Waals surface area contributed by atoms with Gasteiger partial charge in [0.25, 0.3) is 0 Å². The maximum atomic E-state index is 12.8. The highest BCUT2D eigenvalue weighted by atomic mass is 16.5. The number of ether oxygens (including phenoxy) is 1. The van der Waals surface area contributed by atoms with Gasteiger partial charge in [-0.1, -0.05) is 0 Å². The third kappa shape index (κ3) is 2.54. The molecule has 22 heavy (non-hydrogen) atoms. The predicted molar refractivity (Wildman–Crippen MR) is 81.4 cm³/mol. The number of nitrogens with zero attached hydrogens (tertiary/aromatic N) is 4. The van der Waals surface area contributed by atoms with Crippen molar-refractivity contribution in [1.29, 1.82) is 0 Å². The molecule has 1 atom stereocenters. The van der Waals surface area contributed by atoms with Crippen LogP contribution in [0.2, 0.25) is 0 Å². The third-order valence-corrected chi connectivity index (χ3v) is 5.31. The number of carbonyl (C=O) groups is 1. The van der Waals surface area contributed by atoms with E-state index in [9.17, 15) is 4.79 Å². The van der Waals surface area contributed by atoms with Gasteiger partial charge in [-0.15, -0.1) is 0 Å². The zero-order chi connectivity index (χ0) is 14.9. The van der Waals surface area contributed by atoms with Gasteiger partial charge in [-0.05, 0) is 38.3 Å². The van der Waals surface area contributed by atoms with Crippen LogP contribution in [0.4, 0.5) is 0 Å². The van der Waals surface area contributed by atoms with Crippen LogP contribution in [0.3, 0.4) is 0 Å². The maximum absolute atomic E-state index is 12.8. The highest BCUT2D eigenvalue weighted by molar-refractivity contribution is 5.83. The van der Waals surface area contributed by atoms with Crippen molar-refractivity contribution in [2.24, 2.45) is 0 Å². The zero-order valence-electron chi connectivity index (χ0n) is 12.9. The number of carbonyl (C=O) groups excluding carboxylic acids is 1. The molecule has 1 amide bonds. The Morgan fingerprint density at radius 1 is 1.14 bits per heavy atom. The molecule has 3 aliphatic rings. The molecule has 3 saturated heterocycles. The first kappa shape index (κ1) is 14.2. The van der Waals surface area contributed by atoms with Gasteiger partial charge in [-0.25, -0.2) is 0 Å². The summed E-state index contributed by atoms with van der Waals surface area (Å²) < 4.78 is 7.43. The van der Waals surface area contributed by atoms with Crippen LogP contribution in [0.1, 0.15) is 31.7 Å². The van der Waals surface area contributed by atoms with Crippen molar-refractivity contribution in [1.82, 2.24) is 19.6 Å². The molecule has 0 saturated carbocycles. The molecule has 6 nitrogen and oxygen atoms in total. The maximum Gasteiger partial charge on any atom is 0.240 e. The van der Waals surface area contributed by atoms with Crippen LogP contribution >= 0.6 is 0 Å². The summed E-state index contributed by atoms with van der Waals surface area (Å²) in [5.74, 6) is 0.326. The summed E-state index contributed by atoms with van der Waals surface area (Å²) in [6.07, 6.45) is 8.08. The normalized spacial score (nSPS) is 28.0. The van der Waals surface area contributed by atoms with Gasteiger partial charge in [-0.3, -0.25) is 14.4 Å². The molecular formula is C16H24N4O2. The van der Waals surface area contributed by atoms with Crippen LogP contribution in [-0.2, 0) is 9.53 Å². The molecule has 0 aromatic carbocycles. The molecule has 3 fully saturated rings. The molecule has 1 aromatic rings. The van der Waals surface area contributed by atoms with E-state index in [1.807, 2.05) is 21.8 Å². The van der Waals surface area contributed by atoms with E-state index in [1.165, 1.54) is 0 Å². The van der Waals surface area contributed by atoms with Crippen molar-refractivity contribution in [2.45, 2.75) is 43.8 Å². The van der Waals surface area contributed by atoms with Crippen LogP contribution in [0, 0.1) is 0 Å². The van der Waals surface area contributed by atoms with Crippen LogP contribution in [-0.4, -0.2) is 70.4 Å². The molecule has 3 aliphatic heterocycles. The number of hydrogen-bond donors (Lipinski definition) is 0. The molecule has 4 heterocycles. The van der Waals surface area contributed by atoms with Crippen LogP contribution in [0.15, 0.2) is 18.5 Å². The molecule has 0 N–H and O–H groups in total. The van der Waals surface area contributed by atoms with Crippen molar-refractivity contribution in [3.05, 3.63) is 18.5 Å². The van der Waals surface area contributed by atoms with E-state index in [1.54, 1.807) is 6.20 Å². The number of amides is 1. The molecule has 4 rings (SSSR count). The van der Waals surface area contributed by atoms with E-state index in [-0.39, 0.29) is 6.04 Å². The minimum atomic E-state index is 0.0988. The molecule has 0 radical (unpaired) electrons. The largest absolute Gasteiger partial charge is 0.381 e. The van der Waals surface area contributed by atoms with E-state index < -0.39 is 0 Å². The Balaban J connectivity index is 1.36. The summed E-state index contributed by atoms with van der Waals surface area (Å²) in [5, 5.41) is 4.27. The lowest BCUT2D eigenvalue weighted by molar-refractivity contribution is -0.143. The lowest BCUT2D eigenvalue weighted by Gasteiger charge is -2.43. The monoisotopic (exact) mass is 304 g/mol. The van der Waals surface area contributed by atoms with Crippen LogP contribution < -0.4 is 0 Å². The lowest BCUT2D eigenvalue weighted by atomic mass is 10.0. The molecule has 1 aromatic heterocycles. The van der Waals surface area contributed by atoms with Crippen molar-refractivity contribution >= 4 is 5.91 Å². The van der Waals surface area contributed by atoms with E-state index >= 15 is 0 Å². The van der Waals surface area contributed by atoms with Gasteiger partial charge in [-0.2, -0.15) is 5.10 Å². The SMILES string of the molecule is O=C(C1CCCN1C1CCOCC1)N1CC(n2cccn2)C1. The third-order valence-electron chi connectivity index (χ3n) is 5.31. The Kier molecular flexibility index (Phi) is 3.88. The number of likely N-dealkylation sites (tertiary alicyclic amines) is 2. The van der Waals surface area contributed by atoms with E-state index in [0.29, 0.717) is 18.0 Å². The van der Waals surface area contributed by atoms with Gasteiger partial charge >= 0.3 is 0 Å². The average molecular weight is 304 g/mol. The average Bonchev–Trinajstić information content (AvgIpc) is 3.18. The second-order valence-corrected chi connectivity index (χ2v) is 6.62. The topological polar surface area (TPSA) is 50.6 Å². The Bertz CT molecular complexity index is 506. The van der Waals surface area contributed by atoms with Crippen molar-refractivity contribution in [2.75, 3.05) is 32.8 Å². The first-order valence-corrected chi connectivity index (χ1v) is 8.44. The van der Waals surface area contributed by atoms with E-state index in [0.717, 1.165) is 58.5 Å². The first-order chi connectivity index (χ1) is 10.8. The fourth-order valence-electron chi connectivity index (χ4n) is 4.02.